The first kappa shape index (κ1) is 20.7. The number of amides is 1. The van der Waals surface area contributed by atoms with Crippen molar-refractivity contribution >= 4 is 43.2 Å². The Bertz CT molecular complexity index is 1240. The molecule has 0 saturated carbocycles. The molecule has 0 atom stereocenters. The number of nitrogens with zero attached hydrogens (tertiary/aromatic N) is 2. The fourth-order valence-corrected chi connectivity index (χ4v) is 6.04. The molecule has 10 heteroatoms. The van der Waals surface area contributed by atoms with Gasteiger partial charge in [-0.3, -0.25) is 14.2 Å². The monoisotopic (exact) mass is 449 g/mol. The number of carbonyl (C=O) groups excluding carboxylic acids is 1. The summed E-state index contributed by atoms with van der Waals surface area (Å²) in [5.74, 6) is -0.698. The number of aromatic nitrogens is 1. The van der Waals surface area contributed by atoms with Crippen LogP contribution in [0.3, 0.4) is 0 Å². The summed E-state index contributed by atoms with van der Waals surface area (Å²) in [5, 5.41) is 2.66. The number of benzene rings is 2. The van der Waals surface area contributed by atoms with Crippen LogP contribution in [0.4, 0.5) is 10.1 Å². The first-order valence-electron chi connectivity index (χ1n) is 9.53. The van der Waals surface area contributed by atoms with E-state index in [1.54, 1.807) is 6.07 Å². The normalized spacial score (nSPS) is 15.0. The van der Waals surface area contributed by atoms with E-state index in [1.807, 2.05) is 0 Å². The smallest absolute Gasteiger partial charge is 0.308 e. The predicted molar refractivity (Wildman–Crippen MR) is 114 cm³/mol. The van der Waals surface area contributed by atoms with Crippen LogP contribution in [-0.2, 0) is 21.4 Å². The van der Waals surface area contributed by atoms with E-state index < -0.39 is 15.8 Å². The molecule has 158 valence electrons. The van der Waals surface area contributed by atoms with Crippen LogP contribution >= 0.6 is 11.3 Å². The Kier molecular flexibility index (Phi) is 5.72. The van der Waals surface area contributed by atoms with Gasteiger partial charge in [-0.05, 0) is 55.3 Å². The van der Waals surface area contributed by atoms with Crippen molar-refractivity contribution in [2.75, 3.05) is 18.4 Å². The zero-order valence-corrected chi connectivity index (χ0v) is 17.6. The van der Waals surface area contributed by atoms with E-state index in [1.165, 1.54) is 45.3 Å². The lowest BCUT2D eigenvalue weighted by Crippen LogP contribution is -2.27. The van der Waals surface area contributed by atoms with E-state index in [9.17, 15) is 22.4 Å². The average Bonchev–Trinajstić information content (AvgIpc) is 3.36. The van der Waals surface area contributed by atoms with Gasteiger partial charge >= 0.3 is 4.87 Å². The molecule has 0 bridgehead atoms. The summed E-state index contributed by atoms with van der Waals surface area (Å²) >= 11 is 0.960. The van der Waals surface area contributed by atoms with Gasteiger partial charge in [0.15, 0.2) is 0 Å². The van der Waals surface area contributed by atoms with Crippen molar-refractivity contribution < 1.29 is 17.6 Å². The molecule has 0 radical (unpaired) electrons. The highest BCUT2D eigenvalue weighted by Gasteiger charge is 2.27. The molecule has 0 aliphatic carbocycles. The van der Waals surface area contributed by atoms with Gasteiger partial charge in [0.05, 0.1) is 15.1 Å². The van der Waals surface area contributed by atoms with Gasteiger partial charge in [-0.2, -0.15) is 4.31 Å². The maximum Gasteiger partial charge on any atom is 0.308 e. The highest BCUT2D eigenvalue weighted by Crippen LogP contribution is 2.26. The molecular formula is C20H20FN3O4S2. The molecule has 4 rings (SSSR count). The van der Waals surface area contributed by atoms with Crippen LogP contribution < -0.4 is 10.2 Å². The quantitative estimate of drug-likeness (QED) is 0.627. The van der Waals surface area contributed by atoms with E-state index in [4.69, 9.17) is 0 Å². The maximum absolute atomic E-state index is 13.0. The molecule has 1 aliphatic heterocycles. The van der Waals surface area contributed by atoms with Crippen LogP contribution in [0.15, 0.2) is 52.2 Å². The summed E-state index contributed by atoms with van der Waals surface area (Å²) in [4.78, 5) is 24.5. The molecule has 1 fully saturated rings. The summed E-state index contributed by atoms with van der Waals surface area (Å²) in [5.41, 5.74) is 1.07. The van der Waals surface area contributed by atoms with Gasteiger partial charge < -0.3 is 5.32 Å². The molecule has 2 aromatic carbocycles. The summed E-state index contributed by atoms with van der Waals surface area (Å²) in [6, 6.07) is 10.1. The van der Waals surface area contributed by atoms with Crippen molar-refractivity contribution in [3.05, 3.63) is 57.9 Å². The van der Waals surface area contributed by atoms with Crippen LogP contribution in [-0.4, -0.2) is 36.3 Å². The minimum Gasteiger partial charge on any atom is -0.326 e. The average molecular weight is 450 g/mol. The van der Waals surface area contributed by atoms with Gasteiger partial charge in [0.2, 0.25) is 15.9 Å². The Hall–Kier alpha value is -2.56. The van der Waals surface area contributed by atoms with Crippen molar-refractivity contribution in [1.29, 1.82) is 0 Å². The van der Waals surface area contributed by atoms with Crippen molar-refractivity contribution in [3.8, 4) is 0 Å². The molecule has 1 saturated heterocycles. The van der Waals surface area contributed by atoms with Gasteiger partial charge in [0, 0.05) is 31.7 Å². The first-order chi connectivity index (χ1) is 14.3. The van der Waals surface area contributed by atoms with Crippen LogP contribution in [0.2, 0.25) is 0 Å². The van der Waals surface area contributed by atoms with E-state index in [0.717, 1.165) is 24.2 Å². The number of thiazole rings is 1. The molecule has 1 N–H and O–H groups in total. The molecular weight excluding hydrogens is 429 g/mol. The number of halogens is 1. The lowest BCUT2D eigenvalue weighted by Gasteiger charge is -2.15. The van der Waals surface area contributed by atoms with E-state index in [-0.39, 0.29) is 28.6 Å². The largest absolute Gasteiger partial charge is 0.326 e. The molecule has 7 nitrogen and oxygen atoms in total. The van der Waals surface area contributed by atoms with Crippen molar-refractivity contribution in [2.45, 2.75) is 30.7 Å². The van der Waals surface area contributed by atoms with E-state index in [2.05, 4.69) is 5.32 Å². The minimum absolute atomic E-state index is 0.0525. The molecule has 0 unspecified atom stereocenters. The Morgan fingerprint density at radius 3 is 2.50 bits per heavy atom. The topological polar surface area (TPSA) is 88.5 Å². The predicted octanol–water partition coefficient (Wildman–Crippen LogP) is 3.02. The van der Waals surface area contributed by atoms with E-state index >= 15 is 0 Å². The Morgan fingerprint density at radius 2 is 1.80 bits per heavy atom. The van der Waals surface area contributed by atoms with Gasteiger partial charge in [-0.25, -0.2) is 12.8 Å². The first-order valence-corrected chi connectivity index (χ1v) is 11.8. The maximum atomic E-state index is 13.0. The minimum atomic E-state index is -3.56. The molecule has 3 aromatic rings. The Balaban J connectivity index is 1.51. The number of sulfonamides is 1. The van der Waals surface area contributed by atoms with Crippen LogP contribution in [0.1, 0.15) is 19.3 Å². The number of hydrogen-bond donors (Lipinski definition) is 1. The molecule has 1 aromatic heterocycles. The molecule has 1 amide bonds. The van der Waals surface area contributed by atoms with Gasteiger partial charge in [0.25, 0.3) is 0 Å². The molecule has 2 heterocycles. The second kappa shape index (κ2) is 8.29. The van der Waals surface area contributed by atoms with Crippen molar-refractivity contribution in [3.63, 3.8) is 0 Å². The lowest BCUT2D eigenvalue weighted by molar-refractivity contribution is -0.116. The Morgan fingerprint density at radius 1 is 1.10 bits per heavy atom. The number of carbonyl (C=O) groups is 1. The summed E-state index contributed by atoms with van der Waals surface area (Å²) in [6.07, 6.45) is 1.76. The number of fused-ring (bicyclic) bond motifs is 1. The molecule has 1 aliphatic rings. The van der Waals surface area contributed by atoms with Crippen molar-refractivity contribution in [1.82, 2.24) is 8.87 Å². The van der Waals surface area contributed by atoms with Gasteiger partial charge in [-0.15, -0.1) is 0 Å². The fourth-order valence-electron chi connectivity index (χ4n) is 3.47. The van der Waals surface area contributed by atoms with Gasteiger partial charge in [0.1, 0.15) is 5.82 Å². The zero-order chi connectivity index (χ0) is 21.3. The third-order valence-electron chi connectivity index (χ3n) is 5.03. The number of anilines is 1. The number of aryl methyl sites for hydroxylation is 1. The van der Waals surface area contributed by atoms with Crippen molar-refractivity contribution in [2.24, 2.45) is 0 Å². The summed E-state index contributed by atoms with van der Waals surface area (Å²) < 4.78 is 42.0. The highest BCUT2D eigenvalue weighted by atomic mass is 32.2. The molecule has 30 heavy (non-hydrogen) atoms. The van der Waals surface area contributed by atoms with Crippen LogP contribution in [0.25, 0.3) is 10.2 Å². The number of rotatable bonds is 6. The van der Waals surface area contributed by atoms with E-state index in [0.29, 0.717) is 29.0 Å². The summed E-state index contributed by atoms with van der Waals surface area (Å²) in [7, 11) is -3.56. The second-order valence-electron chi connectivity index (χ2n) is 7.07. The lowest BCUT2D eigenvalue weighted by atomic mass is 10.3. The van der Waals surface area contributed by atoms with Crippen LogP contribution in [0, 0.1) is 5.82 Å². The fraction of sp³-hybridized carbons (Fsp3) is 0.300. The third kappa shape index (κ3) is 4.16. The van der Waals surface area contributed by atoms with Gasteiger partial charge in [-0.1, -0.05) is 11.3 Å². The SMILES string of the molecule is O=C(CCn1c(=O)sc2cc(S(=O)(=O)N3CCCC3)ccc21)Nc1ccc(F)cc1. The molecule has 0 spiro atoms. The Labute approximate surface area is 176 Å². The zero-order valence-electron chi connectivity index (χ0n) is 16.0. The van der Waals surface area contributed by atoms with Crippen LogP contribution in [0.5, 0.6) is 0 Å². The summed E-state index contributed by atoms with van der Waals surface area (Å²) in [6.45, 7) is 1.19. The number of hydrogen-bond acceptors (Lipinski definition) is 5. The number of nitrogens with one attached hydrogen (secondary N) is 1. The third-order valence-corrected chi connectivity index (χ3v) is 7.87. The second-order valence-corrected chi connectivity index (χ2v) is 10.00. The standard InChI is InChI=1S/C20H20FN3O4S2/c21-14-3-5-15(6-4-14)22-19(25)9-12-24-17-8-7-16(13-18(17)29-20(24)26)30(27,28)23-10-1-2-11-23/h3-8,13H,1-2,9-12H2,(H,22,25). The highest BCUT2D eigenvalue weighted by molar-refractivity contribution is 7.89.